The maximum Gasteiger partial charge on any atom is 0.319 e. The number of amides is 2. The standard InChI is InChI=1S/C20H24N6O.C3H8/c1-4-16-14(7-13(3)24-20(27)25-15-9-23-10-15)8-18(26-19(16)21)17-11-22-6-5-12(17)2;1-3-2/h4-8,11,15,23H,3,9-10H2,1-2H3,(H2,21,26)(H2,24,25,27);3H2,1-2H3/b14-7-,16-4+;. The van der Waals surface area contributed by atoms with E-state index in [2.05, 4.69) is 46.3 Å². The molecule has 0 unspecified atom stereocenters. The maximum atomic E-state index is 12.0. The van der Waals surface area contributed by atoms with Crippen LogP contribution in [0.3, 0.4) is 0 Å². The molecule has 0 saturated carbocycles. The Morgan fingerprint density at radius 1 is 1.40 bits per heavy atom. The van der Waals surface area contributed by atoms with Crippen molar-refractivity contribution in [2.45, 2.75) is 40.2 Å². The molecule has 2 aromatic rings. The lowest BCUT2D eigenvalue weighted by molar-refractivity contribution is 0.234. The average Bonchev–Trinajstić information content (AvgIpc) is 2.65. The number of urea groups is 1. The third-order valence-corrected chi connectivity index (χ3v) is 4.44. The van der Waals surface area contributed by atoms with Crippen LogP contribution >= 0.6 is 0 Å². The molecule has 160 valence electrons. The number of aromatic nitrogens is 2. The van der Waals surface area contributed by atoms with Crippen molar-refractivity contribution in [2.24, 2.45) is 0 Å². The van der Waals surface area contributed by atoms with E-state index >= 15 is 0 Å². The van der Waals surface area contributed by atoms with Crippen LogP contribution in [0.4, 0.5) is 10.6 Å². The van der Waals surface area contributed by atoms with Crippen LogP contribution in [0.25, 0.3) is 23.4 Å². The monoisotopic (exact) mass is 408 g/mol. The average molecular weight is 409 g/mol. The number of carbonyl (C=O) groups is 1. The first-order valence-corrected chi connectivity index (χ1v) is 10.2. The van der Waals surface area contributed by atoms with E-state index in [4.69, 9.17) is 5.73 Å². The number of nitrogen functional groups attached to an aromatic ring is 1. The number of hydrogen-bond donors (Lipinski definition) is 4. The molecule has 0 atom stereocenters. The number of rotatable bonds is 4. The lowest BCUT2D eigenvalue weighted by atomic mass is 10.1. The molecule has 2 amide bonds. The van der Waals surface area contributed by atoms with E-state index in [-0.39, 0.29) is 12.1 Å². The van der Waals surface area contributed by atoms with Crippen LogP contribution < -0.4 is 32.1 Å². The van der Waals surface area contributed by atoms with E-state index in [0.717, 1.165) is 40.3 Å². The Kier molecular flexibility index (Phi) is 8.55. The zero-order valence-electron chi connectivity index (χ0n) is 18.2. The Balaban J connectivity index is 0.00000101. The van der Waals surface area contributed by atoms with Gasteiger partial charge in [-0.3, -0.25) is 4.98 Å². The summed E-state index contributed by atoms with van der Waals surface area (Å²) in [6, 6.07) is 3.75. The molecule has 0 bridgehead atoms. The SMILES string of the molecule is C=C(/C=c1/cc(-c2cnccc2C)nc(N)/c1=C/C)NC(=O)NC1CNC1.CCC. The van der Waals surface area contributed by atoms with Crippen LogP contribution in [0.5, 0.6) is 0 Å². The molecule has 1 aliphatic heterocycles. The third kappa shape index (κ3) is 6.15. The van der Waals surface area contributed by atoms with E-state index in [0.29, 0.717) is 11.5 Å². The second kappa shape index (κ2) is 11.1. The van der Waals surface area contributed by atoms with Crippen molar-refractivity contribution < 1.29 is 4.79 Å². The van der Waals surface area contributed by atoms with E-state index in [9.17, 15) is 4.79 Å². The van der Waals surface area contributed by atoms with Crippen molar-refractivity contribution in [3.63, 3.8) is 0 Å². The molecule has 3 heterocycles. The van der Waals surface area contributed by atoms with Crippen LogP contribution in [0, 0.1) is 6.92 Å². The van der Waals surface area contributed by atoms with E-state index < -0.39 is 0 Å². The first kappa shape index (κ1) is 23.1. The van der Waals surface area contributed by atoms with Gasteiger partial charge in [-0.1, -0.05) is 32.9 Å². The van der Waals surface area contributed by atoms with Gasteiger partial charge in [-0.25, -0.2) is 9.78 Å². The van der Waals surface area contributed by atoms with Gasteiger partial charge in [0.1, 0.15) is 5.82 Å². The fourth-order valence-electron chi connectivity index (χ4n) is 2.88. The van der Waals surface area contributed by atoms with Crippen LogP contribution in [-0.4, -0.2) is 35.1 Å². The van der Waals surface area contributed by atoms with Gasteiger partial charge in [0.2, 0.25) is 0 Å². The minimum absolute atomic E-state index is 0.161. The highest BCUT2D eigenvalue weighted by Crippen LogP contribution is 2.18. The molecular formula is C23H32N6O. The molecule has 2 aromatic heterocycles. The van der Waals surface area contributed by atoms with Gasteiger partial charge < -0.3 is 21.7 Å². The quantitative estimate of drug-likeness (QED) is 0.618. The molecule has 0 radical (unpaired) electrons. The van der Waals surface area contributed by atoms with Gasteiger partial charge in [-0.2, -0.15) is 0 Å². The fraction of sp³-hybridized carbons (Fsp3) is 0.348. The van der Waals surface area contributed by atoms with E-state index in [1.54, 1.807) is 18.5 Å². The van der Waals surface area contributed by atoms with Gasteiger partial charge in [-0.15, -0.1) is 0 Å². The molecule has 0 spiro atoms. The number of hydrogen-bond acceptors (Lipinski definition) is 5. The Morgan fingerprint density at radius 2 is 2.10 bits per heavy atom. The minimum Gasteiger partial charge on any atom is -0.383 e. The zero-order chi connectivity index (χ0) is 22.1. The molecule has 0 aromatic carbocycles. The second-order valence-corrected chi connectivity index (χ2v) is 7.21. The number of nitrogens with zero attached hydrogens (tertiary/aromatic N) is 2. The Hall–Kier alpha value is -3.19. The smallest absolute Gasteiger partial charge is 0.319 e. The Labute approximate surface area is 178 Å². The molecule has 5 N–H and O–H groups in total. The maximum absolute atomic E-state index is 12.0. The fourth-order valence-corrected chi connectivity index (χ4v) is 2.88. The van der Waals surface area contributed by atoms with Crippen molar-refractivity contribution in [2.75, 3.05) is 18.8 Å². The summed E-state index contributed by atoms with van der Waals surface area (Å²) in [6.45, 7) is 13.6. The van der Waals surface area contributed by atoms with Crippen molar-refractivity contribution in [1.29, 1.82) is 0 Å². The highest BCUT2D eigenvalue weighted by atomic mass is 16.2. The number of carbonyl (C=O) groups excluding carboxylic acids is 1. The van der Waals surface area contributed by atoms with Gasteiger partial charge in [-0.05, 0) is 42.8 Å². The number of nitrogens with one attached hydrogen (secondary N) is 3. The van der Waals surface area contributed by atoms with Gasteiger partial charge in [0.15, 0.2) is 0 Å². The highest BCUT2D eigenvalue weighted by Gasteiger charge is 2.18. The van der Waals surface area contributed by atoms with Gasteiger partial charge in [0.25, 0.3) is 0 Å². The molecule has 3 rings (SSSR count). The molecule has 30 heavy (non-hydrogen) atoms. The molecule has 1 aliphatic rings. The lowest BCUT2D eigenvalue weighted by Gasteiger charge is -2.27. The summed E-state index contributed by atoms with van der Waals surface area (Å²) >= 11 is 0. The van der Waals surface area contributed by atoms with Crippen LogP contribution in [0.1, 0.15) is 32.8 Å². The number of anilines is 1. The first-order chi connectivity index (χ1) is 14.4. The Bertz CT molecular complexity index is 1010. The normalized spacial score (nSPS) is 14.4. The van der Waals surface area contributed by atoms with Gasteiger partial charge in [0.05, 0.1) is 11.7 Å². The van der Waals surface area contributed by atoms with Crippen LogP contribution in [0.2, 0.25) is 0 Å². The zero-order valence-corrected chi connectivity index (χ0v) is 18.2. The van der Waals surface area contributed by atoms with E-state index in [1.165, 1.54) is 6.42 Å². The van der Waals surface area contributed by atoms with Crippen molar-refractivity contribution in [3.8, 4) is 11.3 Å². The van der Waals surface area contributed by atoms with Crippen molar-refractivity contribution in [3.05, 3.63) is 52.8 Å². The number of aryl methyl sites for hydroxylation is 1. The van der Waals surface area contributed by atoms with E-state index in [1.807, 2.05) is 32.1 Å². The molecule has 7 heteroatoms. The highest BCUT2D eigenvalue weighted by molar-refractivity contribution is 5.78. The van der Waals surface area contributed by atoms with Crippen molar-refractivity contribution in [1.82, 2.24) is 25.9 Å². The number of allylic oxidation sites excluding steroid dienone is 1. The topological polar surface area (TPSA) is 105 Å². The number of nitrogens with two attached hydrogens (primary N) is 1. The summed E-state index contributed by atoms with van der Waals surface area (Å²) in [7, 11) is 0. The molecule has 0 aliphatic carbocycles. The van der Waals surface area contributed by atoms with Gasteiger partial charge >= 0.3 is 6.03 Å². The molecule has 1 fully saturated rings. The third-order valence-electron chi connectivity index (χ3n) is 4.44. The van der Waals surface area contributed by atoms with Crippen molar-refractivity contribution >= 4 is 24.0 Å². The molecular weight excluding hydrogens is 376 g/mol. The molecule has 7 nitrogen and oxygen atoms in total. The summed E-state index contributed by atoms with van der Waals surface area (Å²) < 4.78 is 0. The summed E-state index contributed by atoms with van der Waals surface area (Å²) in [5, 5.41) is 10.4. The summed E-state index contributed by atoms with van der Waals surface area (Å²) in [5.74, 6) is 0.419. The number of pyridine rings is 2. The predicted octanol–water partition coefficient (Wildman–Crippen LogP) is 1.82. The molecule has 1 saturated heterocycles. The second-order valence-electron chi connectivity index (χ2n) is 7.21. The minimum atomic E-state index is -0.268. The predicted molar refractivity (Wildman–Crippen MR) is 124 cm³/mol. The van der Waals surface area contributed by atoms with Crippen LogP contribution in [0.15, 0.2) is 36.8 Å². The van der Waals surface area contributed by atoms with Crippen LogP contribution in [-0.2, 0) is 0 Å². The summed E-state index contributed by atoms with van der Waals surface area (Å²) in [6.07, 6.45) is 8.44. The summed E-state index contributed by atoms with van der Waals surface area (Å²) in [5.41, 5.74) is 9.34. The lowest BCUT2D eigenvalue weighted by Crippen LogP contribution is -2.58. The summed E-state index contributed by atoms with van der Waals surface area (Å²) in [4.78, 5) is 20.7. The first-order valence-electron chi connectivity index (χ1n) is 10.2. The van der Waals surface area contributed by atoms with Gasteiger partial charge in [0, 0.05) is 42.0 Å². The Morgan fingerprint density at radius 3 is 2.67 bits per heavy atom. The largest absolute Gasteiger partial charge is 0.383 e.